The van der Waals surface area contributed by atoms with Gasteiger partial charge < -0.3 is 10.1 Å². The highest BCUT2D eigenvalue weighted by Crippen LogP contribution is 2.30. The number of nitrogens with one attached hydrogen (secondary N) is 1. The highest BCUT2D eigenvalue weighted by Gasteiger charge is 2.17. The van der Waals surface area contributed by atoms with Crippen LogP contribution in [0.2, 0.25) is 0 Å². The molecule has 0 unspecified atom stereocenters. The van der Waals surface area contributed by atoms with Crippen LogP contribution in [0.15, 0.2) is 77.3 Å². The van der Waals surface area contributed by atoms with Gasteiger partial charge in [0.25, 0.3) is 0 Å². The van der Waals surface area contributed by atoms with E-state index in [1.807, 2.05) is 76.7 Å². The number of carbonyl (C=O) groups is 1. The number of methoxy groups -OCH3 is 1. The van der Waals surface area contributed by atoms with Gasteiger partial charge in [0.2, 0.25) is 5.91 Å². The zero-order chi connectivity index (χ0) is 20.8. The van der Waals surface area contributed by atoms with Gasteiger partial charge in [0.05, 0.1) is 17.7 Å². The number of aromatic nitrogens is 3. The van der Waals surface area contributed by atoms with Crippen LogP contribution < -0.4 is 10.1 Å². The number of hydrogen-bond donors (Lipinski definition) is 1. The molecule has 30 heavy (non-hydrogen) atoms. The van der Waals surface area contributed by atoms with E-state index in [1.165, 1.54) is 11.8 Å². The van der Waals surface area contributed by atoms with Gasteiger partial charge in [0.15, 0.2) is 11.0 Å². The average molecular weight is 437 g/mol. The summed E-state index contributed by atoms with van der Waals surface area (Å²) in [6, 6.07) is 21.6. The lowest BCUT2D eigenvalue weighted by atomic mass is 10.2. The van der Waals surface area contributed by atoms with Gasteiger partial charge >= 0.3 is 0 Å². The third-order valence-corrected chi connectivity index (χ3v) is 6.17. The van der Waals surface area contributed by atoms with Crippen molar-refractivity contribution in [3.05, 3.63) is 77.7 Å². The number of thiophene rings is 1. The number of ether oxygens (including phenoxy) is 1. The first-order chi connectivity index (χ1) is 14.7. The summed E-state index contributed by atoms with van der Waals surface area (Å²) in [7, 11) is 1.63. The molecule has 1 N–H and O–H groups in total. The third kappa shape index (κ3) is 4.72. The first-order valence-electron chi connectivity index (χ1n) is 9.32. The van der Waals surface area contributed by atoms with Gasteiger partial charge in [-0.05, 0) is 41.3 Å². The largest absolute Gasteiger partial charge is 0.497 e. The fourth-order valence-corrected chi connectivity index (χ4v) is 4.34. The lowest BCUT2D eigenvalue weighted by Crippen LogP contribution is -2.24. The Labute approximate surface area is 182 Å². The molecule has 0 atom stereocenters. The maximum atomic E-state index is 12.4. The lowest BCUT2D eigenvalue weighted by Gasteiger charge is -2.10. The van der Waals surface area contributed by atoms with Gasteiger partial charge in [0, 0.05) is 12.2 Å². The second-order valence-electron chi connectivity index (χ2n) is 6.37. The zero-order valence-electron chi connectivity index (χ0n) is 16.3. The third-order valence-electron chi connectivity index (χ3n) is 4.37. The molecule has 0 aliphatic heterocycles. The molecular weight excluding hydrogens is 416 g/mol. The SMILES string of the molecule is COc1ccc(CNC(=O)CSc2nnc(-c3cccs3)n2-c2ccccc2)cc1. The van der Waals surface area contributed by atoms with E-state index in [2.05, 4.69) is 15.5 Å². The summed E-state index contributed by atoms with van der Waals surface area (Å²) in [5, 5.41) is 14.4. The van der Waals surface area contributed by atoms with Crippen molar-refractivity contribution in [1.82, 2.24) is 20.1 Å². The van der Waals surface area contributed by atoms with Crippen LogP contribution in [0.3, 0.4) is 0 Å². The Kier molecular flexibility index (Phi) is 6.46. The Morgan fingerprint density at radius 2 is 1.87 bits per heavy atom. The highest BCUT2D eigenvalue weighted by atomic mass is 32.2. The number of benzene rings is 2. The number of hydrogen-bond acceptors (Lipinski definition) is 6. The predicted molar refractivity (Wildman–Crippen MR) is 120 cm³/mol. The van der Waals surface area contributed by atoms with Crippen LogP contribution in [0.4, 0.5) is 0 Å². The maximum absolute atomic E-state index is 12.4. The molecule has 4 aromatic rings. The summed E-state index contributed by atoms with van der Waals surface area (Å²) in [5.41, 5.74) is 1.98. The average Bonchev–Trinajstić information content (AvgIpc) is 3.47. The van der Waals surface area contributed by atoms with Crippen molar-refractivity contribution in [2.24, 2.45) is 0 Å². The van der Waals surface area contributed by atoms with Gasteiger partial charge in [-0.1, -0.05) is 48.2 Å². The molecule has 0 aliphatic rings. The van der Waals surface area contributed by atoms with Crippen LogP contribution in [-0.4, -0.2) is 33.5 Å². The smallest absolute Gasteiger partial charge is 0.230 e. The molecule has 0 spiro atoms. The van der Waals surface area contributed by atoms with Crippen molar-refractivity contribution in [3.63, 3.8) is 0 Å². The Morgan fingerprint density at radius 1 is 1.07 bits per heavy atom. The minimum absolute atomic E-state index is 0.0592. The van der Waals surface area contributed by atoms with Crippen LogP contribution in [0.25, 0.3) is 16.4 Å². The Hall–Kier alpha value is -3.10. The zero-order valence-corrected chi connectivity index (χ0v) is 18.0. The molecule has 0 bridgehead atoms. The van der Waals surface area contributed by atoms with Gasteiger partial charge in [-0.3, -0.25) is 9.36 Å². The van der Waals surface area contributed by atoms with Crippen molar-refractivity contribution < 1.29 is 9.53 Å². The topological polar surface area (TPSA) is 69.0 Å². The van der Waals surface area contributed by atoms with Crippen molar-refractivity contribution in [1.29, 1.82) is 0 Å². The Balaban J connectivity index is 1.44. The van der Waals surface area contributed by atoms with Crippen molar-refractivity contribution in [3.8, 4) is 22.1 Å². The normalized spacial score (nSPS) is 10.7. The second-order valence-corrected chi connectivity index (χ2v) is 8.26. The summed E-state index contributed by atoms with van der Waals surface area (Å²) in [6.45, 7) is 0.467. The predicted octanol–water partition coefficient (Wildman–Crippen LogP) is 4.41. The van der Waals surface area contributed by atoms with Gasteiger partial charge in [0.1, 0.15) is 5.75 Å². The molecule has 4 rings (SSSR count). The molecule has 2 aromatic heterocycles. The van der Waals surface area contributed by atoms with Crippen LogP contribution in [-0.2, 0) is 11.3 Å². The summed E-state index contributed by atoms with van der Waals surface area (Å²) in [5.74, 6) is 1.77. The highest BCUT2D eigenvalue weighted by molar-refractivity contribution is 7.99. The molecular formula is C22H20N4O2S2. The summed E-state index contributed by atoms with van der Waals surface area (Å²) < 4.78 is 7.15. The number of carbonyl (C=O) groups excluding carboxylic acids is 1. The summed E-state index contributed by atoms with van der Waals surface area (Å²) in [4.78, 5) is 13.4. The van der Waals surface area contributed by atoms with E-state index in [-0.39, 0.29) is 11.7 Å². The molecule has 152 valence electrons. The minimum atomic E-state index is -0.0592. The minimum Gasteiger partial charge on any atom is -0.497 e. The van der Waals surface area contributed by atoms with E-state index in [9.17, 15) is 4.79 Å². The number of nitrogens with zero attached hydrogens (tertiary/aromatic N) is 3. The molecule has 0 saturated heterocycles. The quantitative estimate of drug-likeness (QED) is 0.414. The molecule has 0 fully saturated rings. The Bertz CT molecular complexity index is 1090. The van der Waals surface area contributed by atoms with Crippen molar-refractivity contribution >= 4 is 29.0 Å². The molecule has 2 aromatic carbocycles. The van der Waals surface area contributed by atoms with E-state index in [0.29, 0.717) is 11.7 Å². The van der Waals surface area contributed by atoms with Crippen molar-refractivity contribution in [2.45, 2.75) is 11.7 Å². The molecule has 0 aliphatic carbocycles. The van der Waals surface area contributed by atoms with E-state index >= 15 is 0 Å². The van der Waals surface area contributed by atoms with E-state index in [4.69, 9.17) is 4.74 Å². The molecule has 8 heteroatoms. The fraction of sp³-hybridized carbons (Fsp3) is 0.136. The molecule has 1 amide bonds. The number of amides is 1. The number of rotatable bonds is 8. The van der Waals surface area contributed by atoms with E-state index in [1.54, 1.807) is 18.4 Å². The van der Waals surface area contributed by atoms with E-state index in [0.717, 1.165) is 27.7 Å². The van der Waals surface area contributed by atoms with Crippen LogP contribution in [0.5, 0.6) is 5.75 Å². The number of thioether (sulfide) groups is 1. The second kappa shape index (κ2) is 9.60. The number of para-hydroxylation sites is 1. The standard InChI is InChI=1S/C22H20N4O2S2/c1-28-18-11-9-16(10-12-18)14-23-20(27)15-30-22-25-24-21(19-8-5-13-29-19)26(22)17-6-3-2-4-7-17/h2-13H,14-15H2,1H3,(H,23,27). The van der Waals surface area contributed by atoms with Crippen LogP contribution >= 0.6 is 23.1 Å². The van der Waals surface area contributed by atoms with Gasteiger partial charge in [-0.25, -0.2) is 0 Å². The van der Waals surface area contributed by atoms with Gasteiger partial charge in [-0.15, -0.1) is 21.5 Å². The van der Waals surface area contributed by atoms with Crippen molar-refractivity contribution in [2.75, 3.05) is 12.9 Å². The Morgan fingerprint density at radius 3 is 2.57 bits per heavy atom. The first kappa shape index (κ1) is 20.2. The van der Waals surface area contributed by atoms with E-state index < -0.39 is 0 Å². The molecule has 0 radical (unpaired) electrons. The molecule has 0 saturated carbocycles. The van der Waals surface area contributed by atoms with Gasteiger partial charge in [-0.2, -0.15) is 0 Å². The lowest BCUT2D eigenvalue weighted by molar-refractivity contribution is -0.118. The van der Waals surface area contributed by atoms with Crippen LogP contribution in [0, 0.1) is 0 Å². The summed E-state index contributed by atoms with van der Waals surface area (Å²) >= 11 is 2.98. The fourth-order valence-electron chi connectivity index (χ4n) is 2.86. The summed E-state index contributed by atoms with van der Waals surface area (Å²) in [6.07, 6.45) is 0. The monoisotopic (exact) mass is 436 g/mol. The first-order valence-corrected chi connectivity index (χ1v) is 11.2. The maximum Gasteiger partial charge on any atom is 0.230 e. The van der Waals surface area contributed by atoms with Crippen LogP contribution in [0.1, 0.15) is 5.56 Å². The molecule has 2 heterocycles. The molecule has 6 nitrogen and oxygen atoms in total.